The van der Waals surface area contributed by atoms with Crippen LogP contribution >= 0.6 is 0 Å². The van der Waals surface area contributed by atoms with E-state index in [1.54, 1.807) is 53.1 Å². The zero-order chi connectivity index (χ0) is 25.6. The van der Waals surface area contributed by atoms with E-state index in [9.17, 15) is 9.59 Å². The van der Waals surface area contributed by atoms with Crippen molar-refractivity contribution >= 4 is 17.5 Å². The van der Waals surface area contributed by atoms with Crippen LogP contribution in [0.2, 0.25) is 0 Å². The molecule has 4 heterocycles. The lowest BCUT2D eigenvalue weighted by Crippen LogP contribution is -2.67. The summed E-state index contributed by atoms with van der Waals surface area (Å²) in [5.41, 5.74) is 1.97. The van der Waals surface area contributed by atoms with Gasteiger partial charge in [0.2, 0.25) is 5.91 Å². The summed E-state index contributed by atoms with van der Waals surface area (Å²) < 4.78 is 33.2. The normalized spacial score (nSPS) is 22.1. The van der Waals surface area contributed by atoms with Gasteiger partial charge >= 0.3 is 0 Å². The SMILES string of the molecule is O=C(Nc1ccccc1-n1cncn1)[C@H]1C2CCC(CC2(F)F)N1C(=O)c1ccc(-n2cnnc2)cc1. The minimum Gasteiger partial charge on any atom is -0.323 e. The Labute approximate surface area is 209 Å². The predicted octanol–water partition coefficient (Wildman–Crippen LogP) is 3.12. The molecular weight excluding hydrogens is 482 g/mol. The third-order valence-electron chi connectivity index (χ3n) is 7.10. The Bertz CT molecular complexity index is 1420. The van der Waals surface area contributed by atoms with Gasteiger partial charge in [-0.05, 0) is 49.2 Å². The summed E-state index contributed by atoms with van der Waals surface area (Å²) in [5, 5.41) is 14.4. The van der Waals surface area contributed by atoms with Gasteiger partial charge in [-0.3, -0.25) is 14.2 Å². The summed E-state index contributed by atoms with van der Waals surface area (Å²) in [7, 11) is 0. The van der Waals surface area contributed by atoms with Crippen LogP contribution in [0.4, 0.5) is 14.5 Å². The molecule has 1 N–H and O–H groups in total. The van der Waals surface area contributed by atoms with Crippen LogP contribution in [-0.2, 0) is 4.79 Å². The second kappa shape index (κ2) is 8.87. The third kappa shape index (κ3) is 4.03. The lowest BCUT2D eigenvalue weighted by atomic mass is 9.71. The molecule has 37 heavy (non-hydrogen) atoms. The monoisotopic (exact) mass is 504 g/mol. The Balaban J connectivity index is 1.32. The topological polar surface area (TPSA) is 111 Å². The number of carbonyl (C=O) groups excluding carboxylic acids is 2. The van der Waals surface area contributed by atoms with E-state index in [1.165, 1.54) is 34.9 Å². The maximum absolute atomic E-state index is 15.0. The minimum atomic E-state index is -3.05. The maximum atomic E-state index is 15.0. The Morgan fingerprint density at radius 2 is 1.73 bits per heavy atom. The molecule has 0 spiro atoms. The molecule has 10 nitrogen and oxygen atoms in total. The molecule has 3 aliphatic rings. The van der Waals surface area contributed by atoms with Crippen molar-refractivity contribution in [1.82, 2.24) is 34.4 Å². The first-order valence-electron chi connectivity index (χ1n) is 11.8. The molecule has 3 fully saturated rings. The lowest BCUT2D eigenvalue weighted by Gasteiger charge is -2.53. The maximum Gasteiger partial charge on any atom is 0.255 e. The van der Waals surface area contributed by atoms with Crippen molar-refractivity contribution in [3.05, 3.63) is 79.4 Å². The Morgan fingerprint density at radius 1 is 0.973 bits per heavy atom. The fourth-order valence-electron chi connectivity index (χ4n) is 5.38. The number of benzene rings is 2. The number of halogens is 2. The van der Waals surface area contributed by atoms with E-state index < -0.39 is 42.2 Å². The number of rotatable bonds is 5. The van der Waals surface area contributed by atoms with Crippen LogP contribution < -0.4 is 5.32 Å². The van der Waals surface area contributed by atoms with Crippen LogP contribution in [0.5, 0.6) is 0 Å². The van der Waals surface area contributed by atoms with Crippen molar-refractivity contribution in [2.45, 2.75) is 37.3 Å². The molecule has 2 saturated heterocycles. The van der Waals surface area contributed by atoms with Gasteiger partial charge in [0.25, 0.3) is 11.8 Å². The molecule has 12 heteroatoms. The van der Waals surface area contributed by atoms with Crippen LogP contribution in [0.25, 0.3) is 11.4 Å². The number of nitrogens with one attached hydrogen (secondary N) is 1. The number of aromatic nitrogens is 6. The molecule has 1 aliphatic carbocycles. The molecule has 2 bridgehead atoms. The number of anilines is 1. The number of hydrogen-bond donors (Lipinski definition) is 1. The molecule has 0 radical (unpaired) electrons. The van der Waals surface area contributed by atoms with Crippen molar-refractivity contribution in [2.75, 3.05) is 5.32 Å². The van der Waals surface area contributed by atoms with Crippen LogP contribution in [0.15, 0.2) is 73.8 Å². The summed E-state index contributed by atoms with van der Waals surface area (Å²) in [5.74, 6) is -5.44. The first-order valence-corrected chi connectivity index (χ1v) is 11.8. The fraction of sp³-hybridized carbons (Fsp3) is 0.280. The van der Waals surface area contributed by atoms with E-state index in [-0.39, 0.29) is 6.42 Å². The average molecular weight is 505 g/mol. The van der Waals surface area contributed by atoms with Crippen LogP contribution in [0, 0.1) is 5.92 Å². The molecular formula is C25H22F2N8O2. The quantitative estimate of drug-likeness (QED) is 0.447. The summed E-state index contributed by atoms with van der Waals surface area (Å²) in [6.45, 7) is 0. The van der Waals surface area contributed by atoms with E-state index in [0.717, 1.165) is 5.69 Å². The second-order valence-electron chi connectivity index (χ2n) is 9.22. The van der Waals surface area contributed by atoms with Gasteiger partial charge in [0.05, 0.1) is 17.3 Å². The molecule has 3 atom stereocenters. The summed E-state index contributed by atoms with van der Waals surface area (Å²) >= 11 is 0. The third-order valence-corrected chi connectivity index (χ3v) is 7.10. The number of fused-ring (bicyclic) bond motifs is 3. The zero-order valence-corrected chi connectivity index (χ0v) is 19.5. The van der Waals surface area contributed by atoms with Gasteiger partial charge in [0.15, 0.2) is 0 Å². The number of amides is 2. The number of carbonyl (C=O) groups is 2. The number of piperidine rings is 2. The fourth-order valence-corrected chi connectivity index (χ4v) is 5.38. The van der Waals surface area contributed by atoms with Crippen molar-refractivity contribution < 1.29 is 18.4 Å². The van der Waals surface area contributed by atoms with Gasteiger partial charge in [-0.25, -0.2) is 18.4 Å². The van der Waals surface area contributed by atoms with Gasteiger partial charge in [0.1, 0.15) is 31.4 Å². The first-order chi connectivity index (χ1) is 17.9. The number of hydrogen-bond acceptors (Lipinski definition) is 6. The zero-order valence-electron chi connectivity index (χ0n) is 19.5. The van der Waals surface area contributed by atoms with Crippen LogP contribution in [-0.4, -0.2) is 64.2 Å². The Morgan fingerprint density at radius 3 is 2.43 bits per heavy atom. The standard InChI is InChI=1S/C25H22F2N8O2/c26-25(27)11-18-9-10-19(25)22(23(36)32-20-3-1-2-4-21(20)34-13-28-12-31-34)35(18)24(37)16-5-7-17(8-6-16)33-14-29-30-15-33/h1-8,12-15,18-19,22H,9-11H2,(H,32,36)/t18?,19?,22-/m1/s1. The summed E-state index contributed by atoms with van der Waals surface area (Å²) in [6.07, 6.45) is 6.01. The van der Waals surface area contributed by atoms with Gasteiger partial charge < -0.3 is 10.2 Å². The van der Waals surface area contributed by atoms with E-state index in [0.29, 0.717) is 23.4 Å². The molecule has 4 aromatic rings. The molecule has 2 aromatic heterocycles. The van der Waals surface area contributed by atoms with Crippen molar-refractivity contribution in [3.8, 4) is 11.4 Å². The Hall–Kier alpha value is -4.48. The van der Waals surface area contributed by atoms with E-state index in [1.807, 2.05) is 0 Å². The van der Waals surface area contributed by atoms with Crippen molar-refractivity contribution in [3.63, 3.8) is 0 Å². The molecule has 2 amide bonds. The van der Waals surface area contributed by atoms with Gasteiger partial charge in [-0.2, -0.15) is 5.10 Å². The minimum absolute atomic E-state index is 0.164. The largest absolute Gasteiger partial charge is 0.323 e. The van der Waals surface area contributed by atoms with Gasteiger partial charge in [-0.1, -0.05) is 12.1 Å². The molecule has 2 unspecified atom stereocenters. The number of para-hydroxylation sites is 2. The smallest absolute Gasteiger partial charge is 0.255 e. The first kappa shape index (κ1) is 23.0. The van der Waals surface area contributed by atoms with Gasteiger partial charge in [-0.15, -0.1) is 10.2 Å². The van der Waals surface area contributed by atoms with E-state index in [4.69, 9.17) is 0 Å². The lowest BCUT2D eigenvalue weighted by molar-refractivity contribution is -0.176. The second-order valence-corrected chi connectivity index (χ2v) is 9.22. The van der Waals surface area contributed by atoms with E-state index >= 15 is 8.78 Å². The van der Waals surface area contributed by atoms with Crippen molar-refractivity contribution in [2.24, 2.45) is 5.92 Å². The molecule has 1 saturated carbocycles. The number of nitrogens with zero attached hydrogens (tertiary/aromatic N) is 7. The van der Waals surface area contributed by atoms with Gasteiger partial charge in [0, 0.05) is 23.7 Å². The number of alkyl halides is 2. The van der Waals surface area contributed by atoms with Crippen LogP contribution in [0.1, 0.15) is 29.6 Å². The summed E-state index contributed by atoms with van der Waals surface area (Å²) in [4.78, 5) is 32.6. The Kier molecular flexibility index (Phi) is 5.50. The predicted molar refractivity (Wildman–Crippen MR) is 127 cm³/mol. The average Bonchev–Trinajstić information content (AvgIpc) is 3.63. The highest BCUT2D eigenvalue weighted by molar-refractivity contribution is 6.02. The molecule has 2 aliphatic heterocycles. The highest BCUT2D eigenvalue weighted by Crippen LogP contribution is 2.49. The highest BCUT2D eigenvalue weighted by Gasteiger charge is 2.60. The van der Waals surface area contributed by atoms with Crippen molar-refractivity contribution in [1.29, 1.82) is 0 Å². The van der Waals surface area contributed by atoms with E-state index in [2.05, 4.69) is 25.6 Å². The molecule has 2 aromatic carbocycles. The summed E-state index contributed by atoms with van der Waals surface area (Å²) in [6, 6.07) is 11.5. The van der Waals surface area contributed by atoms with Crippen LogP contribution in [0.3, 0.4) is 0 Å². The molecule has 188 valence electrons. The molecule has 7 rings (SSSR count). The highest BCUT2D eigenvalue weighted by atomic mass is 19.3.